The normalized spacial score (nSPS) is 10.1. The van der Waals surface area contributed by atoms with Gasteiger partial charge in [-0.15, -0.1) is 0 Å². The zero-order valence-electron chi connectivity index (χ0n) is 10.6. The monoisotopic (exact) mass is 260 g/mol. The van der Waals surface area contributed by atoms with Crippen LogP contribution in [0.4, 0.5) is 15.9 Å². The lowest BCUT2D eigenvalue weighted by Gasteiger charge is -2.18. The second-order valence-corrected chi connectivity index (χ2v) is 3.88. The molecule has 0 saturated heterocycles. The van der Waals surface area contributed by atoms with E-state index in [1.165, 1.54) is 4.90 Å². The molecule has 0 aliphatic heterocycles. The fraction of sp³-hybridized carbons (Fsp3) is 0.154. The van der Waals surface area contributed by atoms with Crippen LogP contribution in [0.1, 0.15) is 10.4 Å². The van der Waals surface area contributed by atoms with Crippen molar-refractivity contribution in [2.75, 3.05) is 24.3 Å². The third-order valence-corrected chi connectivity index (χ3v) is 2.66. The number of amides is 1. The first-order valence-corrected chi connectivity index (χ1v) is 5.65. The highest BCUT2D eigenvalue weighted by Gasteiger charge is 2.18. The smallest absolute Gasteiger partial charge is 0.261 e. The molecule has 0 aromatic carbocycles. The van der Waals surface area contributed by atoms with Crippen LogP contribution in [0, 0.1) is 5.82 Å². The number of nitrogens with one attached hydrogen (secondary N) is 1. The number of hydrogen-bond acceptors (Lipinski definition) is 4. The van der Waals surface area contributed by atoms with Crippen LogP contribution in [0.5, 0.6) is 0 Å². The van der Waals surface area contributed by atoms with Crippen molar-refractivity contribution in [3.8, 4) is 0 Å². The number of nitrogens with zero attached hydrogens (tertiary/aromatic N) is 3. The van der Waals surface area contributed by atoms with Crippen molar-refractivity contribution in [3.05, 3.63) is 48.2 Å². The molecule has 0 fully saturated rings. The summed E-state index contributed by atoms with van der Waals surface area (Å²) < 4.78 is 13.2. The number of anilines is 2. The van der Waals surface area contributed by atoms with Crippen LogP contribution in [0.3, 0.4) is 0 Å². The quantitative estimate of drug-likeness (QED) is 0.916. The lowest BCUT2D eigenvalue weighted by Crippen LogP contribution is -2.27. The minimum absolute atomic E-state index is 0.175. The van der Waals surface area contributed by atoms with Gasteiger partial charge in [-0.1, -0.05) is 0 Å². The molecule has 1 amide bonds. The number of aromatic nitrogens is 2. The molecular weight excluding hydrogens is 247 g/mol. The van der Waals surface area contributed by atoms with E-state index in [1.54, 1.807) is 38.6 Å². The van der Waals surface area contributed by atoms with Crippen LogP contribution in [0.2, 0.25) is 0 Å². The van der Waals surface area contributed by atoms with Crippen molar-refractivity contribution in [2.45, 2.75) is 0 Å². The zero-order valence-corrected chi connectivity index (χ0v) is 10.6. The number of hydrogen-bond donors (Lipinski definition) is 1. The molecule has 0 radical (unpaired) electrons. The standard InChI is InChI=1S/C13H13FN4O/c1-15-12-11(6-9(14)7-17-12)13(19)18(2)10-4-3-5-16-8-10/h3-8H,1-2H3,(H,15,17). The molecule has 2 aromatic heterocycles. The summed E-state index contributed by atoms with van der Waals surface area (Å²) in [6, 6.07) is 4.63. The summed E-state index contributed by atoms with van der Waals surface area (Å²) in [5, 5.41) is 2.77. The highest BCUT2D eigenvalue weighted by Crippen LogP contribution is 2.18. The Morgan fingerprint density at radius 3 is 2.84 bits per heavy atom. The van der Waals surface area contributed by atoms with E-state index in [2.05, 4.69) is 15.3 Å². The van der Waals surface area contributed by atoms with Gasteiger partial charge in [-0.25, -0.2) is 9.37 Å². The van der Waals surface area contributed by atoms with Gasteiger partial charge in [-0.05, 0) is 18.2 Å². The van der Waals surface area contributed by atoms with Gasteiger partial charge in [-0.2, -0.15) is 0 Å². The van der Waals surface area contributed by atoms with Crippen molar-refractivity contribution >= 4 is 17.4 Å². The molecule has 0 saturated carbocycles. The van der Waals surface area contributed by atoms with E-state index in [9.17, 15) is 9.18 Å². The summed E-state index contributed by atoms with van der Waals surface area (Å²) in [7, 11) is 3.23. The van der Waals surface area contributed by atoms with Gasteiger partial charge in [-0.3, -0.25) is 9.78 Å². The summed E-state index contributed by atoms with van der Waals surface area (Å²) >= 11 is 0. The minimum atomic E-state index is -0.554. The number of pyridine rings is 2. The fourth-order valence-electron chi connectivity index (χ4n) is 1.65. The van der Waals surface area contributed by atoms with Crippen LogP contribution < -0.4 is 10.2 Å². The summed E-state index contributed by atoms with van der Waals surface area (Å²) in [4.78, 5) is 21.5. The maximum absolute atomic E-state index is 13.2. The topological polar surface area (TPSA) is 58.1 Å². The molecule has 5 nitrogen and oxygen atoms in total. The predicted molar refractivity (Wildman–Crippen MR) is 70.7 cm³/mol. The first-order chi connectivity index (χ1) is 9.13. The van der Waals surface area contributed by atoms with Gasteiger partial charge in [0.25, 0.3) is 5.91 Å². The van der Waals surface area contributed by atoms with E-state index >= 15 is 0 Å². The second-order valence-electron chi connectivity index (χ2n) is 3.88. The fourth-order valence-corrected chi connectivity index (χ4v) is 1.65. The van der Waals surface area contributed by atoms with Gasteiger partial charge in [0.15, 0.2) is 0 Å². The Kier molecular flexibility index (Phi) is 3.70. The van der Waals surface area contributed by atoms with E-state index in [4.69, 9.17) is 0 Å². The van der Waals surface area contributed by atoms with E-state index < -0.39 is 5.82 Å². The Morgan fingerprint density at radius 1 is 1.42 bits per heavy atom. The molecule has 0 atom stereocenters. The van der Waals surface area contributed by atoms with Crippen LogP contribution in [-0.4, -0.2) is 30.0 Å². The molecule has 0 bridgehead atoms. The second kappa shape index (κ2) is 5.43. The predicted octanol–water partition coefficient (Wildman–Crippen LogP) is 1.93. The average molecular weight is 260 g/mol. The third-order valence-electron chi connectivity index (χ3n) is 2.66. The van der Waals surface area contributed by atoms with Gasteiger partial charge >= 0.3 is 0 Å². The Balaban J connectivity index is 2.37. The molecule has 2 aromatic rings. The van der Waals surface area contributed by atoms with Crippen molar-refractivity contribution in [3.63, 3.8) is 0 Å². The van der Waals surface area contributed by atoms with Crippen LogP contribution in [0.15, 0.2) is 36.8 Å². The lowest BCUT2D eigenvalue weighted by molar-refractivity contribution is 0.0993. The van der Waals surface area contributed by atoms with Crippen molar-refractivity contribution in [1.29, 1.82) is 0 Å². The van der Waals surface area contributed by atoms with E-state index in [0.29, 0.717) is 11.5 Å². The Bertz CT molecular complexity index is 588. The van der Waals surface area contributed by atoms with E-state index in [1.807, 2.05) is 0 Å². The van der Waals surface area contributed by atoms with Gasteiger partial charge < -0.3 is 10.2 Å². The molecule has 0 unspecified atom stereocenters. The number of rotatable bonds is 3. The molecule has 0 aliphatic rings. The molecule has 6 heteroatoms. The van der Waals surface area contributed by atoms with Crippen LogP contribution in [-0.2, 0) is 0 Å². The van der Waals surface area contributed by atoms with E-state index in [-0.39, 0.29) is 11.5 Å². The van der Waals surface area contributed by atoms with Gasteiger partial charge in [0, 0.05) is 20.3 Å². The SMILES string of the molecule is CNc1ncc(F)cc1C(=O)N(C)c1cccnc1. The molecular formula is C13H13FN4O. The number of carbonyl (C=O) groups is 1. The molecule has 1 N–H and O–H groups in total. The summed E-state index contributed by atoms with van der Waals surface area (Å²) in [5.41, 5.74) is 0.799. The largest absolute Gasteiger partial charge is 0.372 e. The first-order valence-electron chi connectivity index (χ1n) is 5.65. The molecule has 19 heavy (non-hydrogen) atoms. The maximum atomic E-state index is 13.2. The van der Waals surface area contributed by atoms with Crippen molar-refractivity contribution in [1.82, 2.24) is 9.97 Å². The van der Waals surface area contributed by atoms with Gasteiger partial charge in [0.05, 0.1) is 23.6 Å². The molecule has 2 heterocycles. The molecule has 0 aliphatic carbocycles. The number of halogens is 1. The summed E-state index contributed by atoms with van der Waals surface area (Å²) in [6.45, 7) is 0. The van der Waals surface area contributed by atoms with Gasteiger partial charge in [0.1, 0.15) is 11.6 Å². The highest BCUT2D eigenvalue weighted by molar-refractivity contribution is 6.08. The Labute approximate surface area is 110 Å². The van der Waals surface area contributed by atoms with Crippen molar-refractivity contribution in [2.24, 2.45) is 0 Å². The number of carbonyl (C=O) groups excluding carboxylic acids is 1. The van der Waals surface area contributed by atoms with E-state index in [0.717, 1.165) is 12.3 Å². The zero-order chi connectivity index (χ0) is 13.8. The summed E-state index contributed by atoms with van der Waals surface area (Å²) in [6.07, 6.45) is 4.24. The molecule has 2 rings (SSSR count). The Morgan fingerprint density at radius 2 is 2.21 bits per heavy atom. The van der Waals surface area contributed by atoms with Crippen LogP contribution >= 0.6 is 0 Å². The molecule has 98 valence electrons. The third kappa shape index (κ3) is 2.67. The summed E-state index contributed by atoms with van der Waals surface area (Å²) in [5.74, 6) is -0.576. The lowest BCUT2D eigenvalue weighted by atomic mass is 10.2. The first kappa shape index (κ1) is 12.9. The molecule has 0 spiro atoms. The highest BCUT2D eigenvalue weighted by atomic mass is 19.1. The Hall–Kier alpha value is -2.50. The van der Waals surface area contributed by atoms with Crippen LogP contribution in [0.25, 0.3) is 0 Å². The maximum Gasteiger partial charge on any atom is 0.261 e. The minimum Gasteiger partial charge on any atom is -0.372 e. The average Bonchev–Trinajstić information content (AvgIpc) is 2.46. The van der Waals surface area contributed by atoms with Gasteiger partial charge in [0.2, 0.25) is 0 Å². The van der Waals surface area contributed by atoms with Crippen molar-refractivity contribution < 1.29 is 9.18 Å².